The van der Waals surface area contributed by atoms with Crippen molar-refractivity contribution in [2.24, 2.45) is 5.73 Å². The summed E-state index contributed by atoms with van der Waals surface area (Å²) in [7, 11) is 3.10. The fourth-order valence-corrected chi connectivity index (χ4v) is 1.03. The van der Waals surface area contributed by atoms with Crippen LogP contribution in [0, 0.1) is 0 Å². The van der Waals surface area contributed by atoms with Crippen molar-refractivity contribution in [3.63, 3.8) is 0 Å². The summed E-state index contributed by atoms with van der Waals surface area (Å²) in [6.45, 7) is 2.19. The lowest BCUT2D eigenvalue weighted by atomic mass is 9.98. The maximum absolute atomic E-state index is 9.71. The van der Waals surface area contributed by atoms with Crippen molar-refractivity contribution in [2.45, 2.75) is 31.7 Å². The van der Waals surface area contributed by atoms with Crippen LogP contribution in [0.15, 0.2) is 0 Å². The van der Waals surface area contributed by atoms with Crippen LogP contribution in [0.5, 0.6) is 0 Å². The van der Waals surface area contributed by atoms with Crippen molar-refractivity contribution in [3.8, 4) is 0 Å². The van der Waals surface area contributed by atoms with Gasteiger partial charge in [0, 0.05) is 20.6 Å². The van der Waals surface area contributed by atoms with Gasteiger partial charge in [-0.25, -0.2) is 0 Å². The third-order valence-electron chi connectivity index (χ3n) is 1.82. The summed E-state index contributed by atoms with van der Waals surface area (Å²) in [6.07, 6.45) is 0.638. The molecule has 4 nitrogen and oxygen atoms in total. The van der Waals surface area contributed by atoms with E-state index in [1.54, 1.807) is 21.1 Å². The predicted octanol–water partition coefficient (Wildman–Crippen LogP) is 0.0952. The molecule has 1 unspecified atom stereocenters. The maximum Gasteiger partial charge on any atom is 0.159 e. The molecule has 0 aromatic rings. The van der Waals surface area contributed by atoms with Gasteiger partial charge in [-0.1, -0.05) is 0 Å². The van der Waals surface area contributed by atoms with Gasteiger partial charge in [-0.2, -0.15) is 0 Å². The van der Waals surface area contributed by atoms with E-state index in [9.17, 15) is 5.11 Å². The summed E-state index contributed by atoms with van der Waals surface area (Å²) < 4.78 is 9.92. The van der Waals surface area contributed by atoms with E-state index in [1.807, 2.05) is 0 Å². The molecule has 0 saturated carbocycles. The van der Waals surface area contributed by atoms with E-state index in [0.717, 1.165) is 0 Å². The van der Waals surface area contributed by atoms with Gasteiger partial charge in [0.1, 0.15) is 0 Å². The summed E-state index contributed by atoms with van der Waals surface area (Å²) in [6, 6.07) is 0. The minimum Gasteiger partial charge on any atom is -0.390 e. The highest BCUT2D eigenvalue weighted by Gasteiger charge is 2.24. The topological polar surface area (TPSA) is 64.7 Å². The lowest BCUT2D eigenvalue weighted by Crippen LogP contribution is -2.33. The molecule has 0 fully saturated rings. The molecule has 3 N–H and O–H groups in total. The van der Waals surface area contributed by atoms with Gasteiger partial charge in [0.2, 0.25) is 0 Å². The fourth-order valence-electron chi connectivity index (χ4n) is 1.03. The van der Waals surface area contributed by atoms with Gasteiger partial charge >= 0.3 is 0 Å². The number of hydrogen-bond acceptors (Lipinski definition) is 4. The highest BCUT2D eigenvalue weighted by Crippen LogP contribution is 2.17. The molecule has 0 heterocycles. The highest BCUT2D eigenvalue weighted by molar-refractivity contribution is 4.74. The Morgan fingerprint density at radius 3 is 2.25 bits per heavy atom. The Bertz CT molecular complexity index is 113. The Hall–Kier alpha value is -0.160. The van der Waals surface area contributed by atoms with Crippen LogP contribution in [0.4, 0.5) is 0 Å². The maximum atomic E-state index is 9.71. The summed E-state index contributed by atoms with van der Waals surface area (Å²) in [4.78, 5) is 0. The minimum absolute atomic E-state index is 0.355. The number of ether oxygens (including phenoxy) is 2. The molecule has 0 aliphatic heterocycles. The van der Waals surface area contributed by atoms with Crippen LogP contribution < -0.4 is 5.73 Å². The second kappa shape index (κ2) is 5.48. The van der Waals surface area contributed by atoms with E-state index in [2.05, 4.69) is 0 Å². The number of aliphatic hydroxyl groups is 1. The first-order chi connectivity index (χ1) is 5.55. The zero-order valence-corrected chi connectivity index (χ0v) is 8.04. The third-order valence-corrected chi connectivity index (χ3v) is 1.82. The number of nitrogens with two attached hydrogens (primary N) is 1. The van der Waals surface area contributed by atoms with Crippen molar-refractivity contribution in [3.05, 3.63) is 0 Å². The van der Waals surface area contributed by atoms with Crippen LogP contribution >= 0.6 is 0 Å². The van der Waals surface area contributed by atoms with E-state index in [1.165, 1.54) is 0 Å². The molecular weight excluding hydrogens is 158 g/mol. The van der Waals surface area contributed by atoms with Crippen molar-refractivity contribution in [1.82, 2.24) is 0 Å². The van der Waals surface area contributed by atoms with E-state index in [0.29, 0.717) is 19.4 Å². The van der Waals surface area contributed by atoms with Gasteiger partial charge in [0.15, 0.2) is 6.29 Å². The first kappa shape index (κ1) is 11.8. The highest BCUT2D eigenvalue weighted by atomic mass is 16.7. The monoisotopic (exact) mass is 177 g/mol. The number of methoxy groups -OCH3 is 2. The molecule has 0 aliphatic rings. The summed E-state index contributed by atoms with van der Waals surface area (Å²) in [5, 5.41) is 9.71. The van der Waals surface area contributed by atoms with Gasteiger partial charge < -0.3 is 20.3 Å². The van der Waals surface area contributed by atoms with Crippen molar-refractivity contribution >= 4 is 0 Å². The molecule has 0 aliphatic carbocycles. The second-order valence-corrected chi connectivity index (χ2v) is 3.14. The molecule has 0 amide bonds. The molecular formula is C8H19NO3. The van der Waals surface area contributed by atoms with Crippen LogP contribution in [0.1, 0.15) is 19.8 Å². The van der Waals surface area contributed by atoms with Crippen LogP contribution in [0.25, 0.3) is 0 Å². The zero-order chi connectivity index (χ0) is 9.61. The second-order valence-electron chi connectivity index (χ2n) is 3.14. The van der Waals surface area contributed by atoms with Gasteiger partial charge in [0.05, 0.1) is 5.60 Å². The Kier molecular flexibility index (Phi) is 5.41. The summed E-state index contributed by atoms with van der Waals surface area (Å²) in [5.41, 5.74) is 4.53. The first-order valence-electron chi connectivity index (χ1n) is 4.04. The molecule has 0 rings (SSSR count). The van der Waals surface area contributed by atoms with Gasteiger partial charge in [-0.3, -0.25) is 0 Å². The largest absolute Gasteiger partial charge is 0.390 e. The normalized spacial score (nSPS) is 16.5. The lowest BCUT2D eigenvalue weighted by molar-refractivity contribution is -0.140. The summed E-state index contributed by atoms with van der Waals surface area (Å²) >= 11 is 0. The molecule has 1 atom stereocenters. The SMILES string of the molecule is COC(CC(C)(O)CCN)OC. The molecule has 0 spiro atoms. The van der Waals surface area contributed by atoms with Crippen LogP contribution in [-0.4, -0.2) is 37.8 Å². The van der Waals surface area contributed by atoms with E-state index >= 15 is 0 Å². The van der Waals surface area contributed by atoms with Gasteiger partial charge in [-0.15, -0.1) is 0 Å². The molecule has 0 bridgehead atoms. The number of hydrogen-bond donors (Lipinski definition) is 2. The molecule has 0 radical (unpaired) electrons. The Balaban J connectivity index is 3.84. The van der Waals surface area contributed by atoms with Crippen LogP contribution in [-0.2, 0) is 9.47 Å². The quantitative estimate of drug-likeness (QED) is 0.565. The molecule has 0 aromatic carbocycles. The van der Waals surface area contributed by atoms with Gasteiger partial charge in [0.25, 0.3) is 0 Å². The van der Waals surface area contributed by atoms with Crippen molar-refractivity contribution < 1.29 is 14.6 Å². The standard InChI is InChI=1S/C8H19NO3/c1-8(10,4-5-9)6-7(11-2)12-3/h7,10H,4-6,9H2,1-3H3. The Morgan fingerprint density at radius 2 is 1.92 bits per heavy atom. The van der Waals surface area contributed by atoms with E-state index in [4.69, 9.17) is 15.2 Å². The smallest absolute Gasteiger partial charge is 0.159 e. The van der Waals surface area contributed by atoms with E-state index < -0.39 is 5.60 Å². The third kappa shape index (κ3) is 4.66. The molecule has 0 saturated heterocycles. The van der Waals surface area contributed by atoms with Crippen molar-refractivity contribution in [2.75, 3.05) is 20.8 Å². The molecule has 0 aromatic heterocycles. The van der Waals surface area contributed by atoms with E-state index in [-0.39, 0.29) is 6.29 Å². The van der Waals surface area contributed by atoms with Crippen LogP contribution in [0.2, 0.25) is 0 Å². The minimum atomic E-state index is -0.800. The van der Waals surface area contributed by atoms with Crippen LogP contribution in [0.3, 0.4) is 0 Å². The number of rotatable bonds is 6. The summed E-state index contributed by atoms with van der Waals surface area (Å²) in [5.74, 6) is 0. The van der Waals surface area contributed by atoms with Crippen molar-refractivity contribution in [1.29, 1.82) is 0 Å². The Labute approximate surface area is 73.7 Å². The molecule has 4 heteroatoms. The van der Waals surface area contributed by atoms with Gasteiger partial charge in [-0.05, 0) is 19.9 Å². The molecule has 12 heavy (non-hydrogen) atoms. The Morgan fingerprint density at radius 1 is 1.42 bits per heavy atom. The predicted molar refractivity (Wildman–Crippen MR) is 46.7 cm³/mol. The average molecular weight is 177 g/mol. The zero-order valence-electron chi connectivity index (χ0n) is 8.04. The average Bonchev–Trinajstić information content (AvgIpc) is 2.00. The molecule has 74 valence electrons. The fraction of sp³-hybridized carbons (Fsp3) is 1.00. The first-order valence-corrected chi connectivity index (χ1v) is 4.04. The lowest BCUT2D eigenvalue weighted by Gasteiger charge is -2.26.